The molecule has 5 heteroatoms. The Morgan fingerprint density at radius 2 is 1.91 bits per heavy atom. The highest BCUT2D eigenvalue weighted by Gasteiger charge is 2.38. The van der Waals surface area contributed by atoms with Gasteiger partial charge in [0, 0.05) is 11.6 Å². The highest BCUT2D eigenvalue weighted by Crippen LogP contribution is 2.40. The van der Waals surface area contributed by atoms with Crippen molar-refractivity contribution in [3.8, 4) is 0 Å². The van der Waals surface area contributed by atoms with Gasteiger partial charge < -0.3 is 5.32 Å². The second kappa shape index (κ2) is 5.48. The van der Waals surface area contributed by atoms with Crippen LogP contribution in [0.15, 0.2) is 30.3 Å². The van der Waals surface area contributed by atoms with Gasteiger partial charge in [-0.2, -0.15) is 5.10 Å². The molecule has 2 N–H and O–H groups in total. The summed E-state index contributed by atoms with van der Waals surface area (Å²) in [6.07, 6.45) is 6.22. The van der Waals surface area contributed by atoms with E-state index in [1.807, 2.05) is 6.07 Å². The number of carbonyl (C=O) groups is 1. The predicted octanol–water partition coefficient (Wildman–Crippen LogP) is 3.63. The Labute approximate surface area is 134 Å². The quantitative estimate of drug-likeness (QED) is 0.905. The van der Waals surface area contributed by atoms with Crippen LogP contribution < -0.4 is 5.32 Å². The number of rotatable bonds is 4. The number of hydrogen-bond acceptors (Lipinski definition) is 2. The second-order valence-corrected chi connectivity index (χ2v) is 6.73. The van der Waals surface area contributed by atoms with E-state index in [0.29, 0.717) is 11.6 Å². The SMILES string of the molecule is O=C(NC1(c2ccc(F)cc2)CCCC1)c1cc(C2CC2)[nH]n1. The highest BCUT2D eigenvalue weighted by atomic mass is 19.1. The molecule has 1 heterocycles. The zero-order chi connectivity index (χ0) is 15.9. The lowest BCUT2D eigenvalue weighted by Gasteiger charge is -2.30. The first-order valence-corrected chi connectivity index (χ1v) is 8.30. The van der Waals surface area contributed by atoms with E-state index in [2.05, 4.69) is 15.5 Å². The largest absolute Gasteiger partial charge is 0.341 e. The minimum atomic E-state index is -0.399. The molecule has 0 atom stereocenters. The average molecular weight is 313 g/mol. The Hall–Kier alpha value is -2.17. The van der Waals surface area contributed by atoms with Crippen LogP contribution in [0, 0.1) is 5.82 Å². The lowest BCUT2D eigenvalue weighted by atomic mass is 9.88. The first-order valence-electron chi connectivity index (χ1n) is 8.30. The van der Waals surface area contributed by atoms with E-state index in [-0.39, 0.29) is 11.7 Å². The fourth-order valence-electron chi connectivity index (χ4n) is 3.57. The topological polar surface area (TPSA) is 57.8 Å². The molecule has 0 spiro atoms. The van der Waals surface area contributed by atoms with Crippen LogP contribution in [-0.4, -0.2) is 16.1 Å². The third kappa shape index (κ3) is 2.76. The fourth-order valence-corrected chi connectivity index (χ4v) is 3.57. The van der Waals surface area contributed by atoms with Crippen molar-refractivity contribution in [2.75, 3.05) is 0 Å². The van der Waals surface area contributed by atoms with Gasteiger partial charge >= 0.3 is 0 Å². The Balaban J connectivity index is 1.57. The van der Waals surface area contributed by atoms with E-state index >= 15 is 0 Å². The number of carbonyl (C=O) groups excluding carboxylic acids is 1. The van der Waals surface area contributed by atoms with Crippen molar-refractivity contribution in [3.63, 3.8) is 0 Å². The van der Waals surface area contributed by atoms with Crippen LogP contribution in [0.2, 0.25) is 0 Å². The summed E-state index contributed by atoms with van der Waals surface area (Å²) in [5.41, 5.74) is 2.07. The van der Waals surface area contributed by atoms with E-state index in [0.717, 1.165) is 36.9 Å². The monoisotopic (exact) mass is 313 g/mol. The molecule has 0 aliphatic heterocycles. The van der Waals surface area contributed by atoms with Gasteiger partial charge in [-0.1, -0.05) is 25.0 Å². The number of nitrogens with zero attached hydrogens (tertiary/aromatic N) is 1. The summed E-state index contributed by atoms with van der Waals surface area (Å²) in [5, 5.41) is 10.3. The van der Waals surface area contributed by atoms with Crippen LogP contribution in [-0.2, 0) is 5.54 Å². The summed E-state index contributed by atoms with van der Waals surface area (Å²) in [6.45, 7) is 0. The number of hydrogen-bond donors (Lipinski definition) is 2. The molecule has 1 amide bonds. The van der Waals surface area contributed by atoms with E-state index in [9.17, 15) is 9.18 Å². The Bertz CT molecular complexity index is 712. The van der Waals surface area contributed by atoms with E-state index < -0.39 is 5.54 Å². The summed E-state index contributed by atoms with van der Waals surface area (Å²) in [4.78, 5) is 12.6. The highest BCUT2D eigenvalue weighted by molar-refractivity contribution is 5.93. The molecule has 0 saturated heterocycles. The summed E-state index contributed by atoms with van der Waals surface area (Å²) in [7, 11) is 0. The molecule has 2 aromatic rings. The third-order valence-electron chi connectivity index (χ3n) is 5.05. The minimum Gasteiger partial charge on any atom is -0.341 e. The van der Waals surface area contributed by atoms with Crippen LogP contribution in [0.3, 0.4) is 0 Å². The van der Waals surface area contributed by atoms with Crippen molar-refractivity contribution in [1.29, 1.82) is 0 Å². The van der Waals surface area contributed by atoms with Crippen molar-refractivity contribution in [1.82, 2.24) is 15.5 Å². The molecule has 0 unspecified atom stereocenters. The summed E-state index contributed by atoms with van der Waals surface area (Å²) in [5.74, 6) is 0.135. The van der Waals surface area contributed by atoms with Crippen LogP contribution in [0.5, 0.6) is 0 Å². The number of amides is 1. The molecule has 2 fully saturated rings. The van der Waals surface area contributed by atoms with Crippen molar-refractivity contribution in [2.24, 2.45) is 0 Å². The van der Waals surface area contributed by atoms with Gasteiger partial charge in [0.2, 0.25) is 0 Å². The zero-order valence-corrected chi connectivity index (χ0v) is 12.9. The van der Waals surface area contributed by atoms with Gasteiger partial charge in [0.05, 0.1) is 5.54 Å². The molecule has 120 valence electrons. The molecular formula is C18H20FN3O. The first kappa shape index (κ1) is 14.4. The molecule has 2 aliphatic rings. The zero-order valence-electron chi connectivity index (χ0n) is 12.9. The van der Waals surface area contributed by atoms with Crippen molar-refractivity contribution in [2.45, 2.75) is 50.0 Å². The van der Waals surface area contributed by atoms with E-state index in [4.69, 9.17) is 0 Å². The van der Waals surface area contributed by atoms with E-state index in [1.165, 1.54) is 25.0 Å². The summed E-state index contributed by atoms with van der Waals surface area (Å²) in [6, 6.07) is 8.34. The second-order valence-electron chi connectivity index (χ2n) is 6.73. The van der Waals surface area contributed by atoms with Gasteiger partial charge in [-0.15, -0.1) is 0 Å². The Kier molecular flexibility index (Phi) is 3.43. The van der Waals surface area contributed by atoms with Crippen molar-refractivity contribution in [3.05, 3.63) is 53.1 Å². The van der Waals surface area contributed by atoms with Gasteiger partial charge in [0.15, 0.2) is 0 Å². The lowest BCUT2D eigenvalue weighted by molar-refractivity contribution is 0.0893. The molecule has 2 aliphatic carbocycles. The predicted molar refractivity (Wildman–Crippen MR) is 84.6 cm³/mol. The molecule has 4 rings (SSSR count). The Morgan fingerprint density at radius 1 is 1.22 bits per heavy atom. The number of aromatic nitrogens is 2. The van der Waals surface area contributed by atoms with Crippen LogP contribution in [0.25, 0.3) is 0 Å². The molecule has 1 aromatic carbocycles. The number of aromatic amines is 1. The van der Waals surface area contributed by atoms with Gasteiger partial charge in [-0.25, -0.2) is 4.39 Å². The maximum atomic E-state index is 13.2. The molecule has 23 heavy (non-hydrogen) atoms. The van der Waals surface area contributed by atoms with E-state index in [1.54, 1.807) is 12.1 Å². The van der Waals surface area contributed by atoms with Gasteiger partial charge in [0.25, 0.3) is 5.91 Å². The maximum Gasteiger partial charge on any atom is 0.272 e. The number of nitrogens with one attached hydrogen (secondary N) is 2. The molecule has 4 nitrogen and oxygen atoms in total. The third-order valence-corrected chi connectivity index (χ3v) is 5.05. The van der Waals surface area contributed by atoms with Crippen LogP contribution in [0.4, 0.5) is 4.39 Å². The molecule has 2 saturated carbocycles. The number of halogens is 1. The first-order chi connectivity index (χ1) is 11.2. The van der Waals surface area contributed by atoms with Crippen LogP contribution in [0.1, 0.15) is 66.2 Å². The van der Waals surface area contributed by atoms with Gasteiger partial charge in [-0.3, -0.25) is 9.89 Å². The lowest BCUT2D eigenvalue weighted by Crippen LogP contribution is -2.44. The summed E-state index contributed by atoms with van der Waals surface area (Å²) >= 11 is 0. The Morgan fingerprint density at radius 3 is 2.57 bits per heavy atom. The van der Waals surface area contributed by atoms with Gasteiger partial charge in [-0.05, 0) is 49.4 Å². The minimum absolute atomic E-state index is 0.153. The van der Waals surface area contributed by atoms with Crippen molar-refractivity contribution >= 4 is 5.91 Å². The average Bonchev–Trinajstić information content (AvgIpc) is 3.09. The fraction of sp³-hybridized carbons (Fsp3) is 0.444. The number of benzene rings is 1. The summed E-state index contributed by atoms with van der Waals surface area (Å²) < 4.78 is 13.2. The molecule has 0 bridgehead atoms. The normalized spacial score (nSPS) is 19.7. The smallest absolute Gasteiger partial charge is 0.272 e. The van der Waals surface area contributed by atoms with Crippen LogP contribution >= 0.6 is 0 Å². The van der Waals surface area contributed by atoms with Gasteiger partial charge in [0.1, 0.15) is 11.5 Å². The number of H-pyrrole nitrogens is 1. The molecule has 0 radical (unpaired) electrons. The molecule has 1 aromatic heterocycles. The van der Waals surface area contributed by atoms with Crippen molar-refractivity contribution < 1.29 is 9.18 Å². The maximum absolute atomic E-state index is 13.2. The molecular weight excluding hydrogens is 293 g/mol. The standard InChI is InChI=1S/C18H20FN3O/c19-14-7-5-13(6-8-14)18(9-1-2-10-18)20-17(23)16-11-15(21-22-16)12-3-4-12/h5-8,11-12H,1-4,9-10H2,(H,20,23)(H,21,22).